The summed E-state index contributed by atoms with van der Waals surface area (Å²) in [5.41, 5.74) is 2.78. The molecule has 0 atom stereocenters. The molecule has 3 aromatic carbocycles. The van der Waals surface area contributed by atoms with Gasteiger partial charge in [0, 0.05) is 28.3 Å². The summed E-state index contributed by atoms with van der Waals surface area (Å²) in [4.78, 5) is 19.9. The SMILES string of the molecule is O=C(O)CCSc1nc(Nc2ccc(C3CC3)c3ccccc23)c2ccc(F)cc2n1. The Balaban J connectivity index is 1.56. The number of aromatic nitrogens is 2. The van der Waals surface area contributed by atoms with Crippen LogP contribution < -0.4 is 5.32 Å². The summed E-state index contributed by atoms with van der Waals surface area (Å²) >= 11 is 1.25. The fourth-order valence-electron chi connectivity index (χ4n) is 3.78. The van der Waals surface area contributed by atoms with Crippen molar-refractivity contribution in [3.05, 3.63) is 66.0 Å². The third kappa shape index (κ3) is 4.18. The van der Waals surface area contributed by atoms with Gasteiger partial charge in [-0.2, -0.15) is 0 Å². The number of thioether (sulfide) groups is 1. The van der Waals surface area contributed by atoms with Crippen LogP contribution in [-0.4, -0.2) is 26.8 Å². The van der Waals surface area contributed by atoms with Crippen molar-refractivity contribution in [2.24, 2.45) is 0 Å². The second kappa shape index (κ2) is 8.15. The molecule has 0 amide bonds. The number of carbonyl (C=O) groups is 1. The summed E-state index contributed by atoms with van der Waals surface area (Å²) in [5, 5.41) is 15.8. The molecule has 156 valence electrons. The highest BCUT2D eigenvalue weighted by molar-refractivity contribution is 7.99. The van der Waals surface area contributed by atoms with Crippen LogP contribution in [0.5, 0.6) is 0 Å². The number of nitrogens with one attached hydrogen (secondary N) is 1. The lowest BCUT2D eigenvalue weighted by Gasteiger charge is -2.14. The van der Waals surface area contributed by atoms with Crippen molar-refractivity contribution in [2.75, 3.05) is 11.1 Å². The van der Waals surface area contributed by atoms with Crippen LogP contribution in [0.25, 0.3) is 21.7 Å². The molecular formula is C24H20FN3O2S. The molecule has 0 radical (unpaired) electrons. The number of carboxylic acids is 1. The molecule has 5 rings (SSSR count). The molecule has 0 spiro atoms. The Bertz CT molecular complexity index is 1310. The number of rotatable bonds is 7. The topological polar surface area (TPSA) is 75.1 Å². The summed E-state index contributed by atoms with van der Waals surface area (Å²) in [6.07, 6.45) is 2.47. The highest BCUT2D eigenvalue weighted by Gasteiger charge is 2.25. The Hall–Kier alpha value is -3.19. The van der Waals surface area contributed by atoms with Gasteiger partial charge in [-0.15, -0.1) is 0 Å². The Labute approximate surface area is 182 Å². The van der Waals surface area contributed by atoms with E-state index in [1.807, 2.05) is 6.07 Å². The zero-order chi connectivity index (χ0) is 21.4. The van der Waals surface area contributed by atoms with Gasteiger partial charge in [0.05, 0.1) is 11.9 Å². The van der Waals surface area contributed by atoms with Crippen LogP contribution in [0.15, 0.2) is 59.8 Å². The third-order valence-corrected chi connectivity index (χ3v) is 6.26. The van der Waals surface area contributed by atoms with Crippen LogP contribution in [0.4, 0.5) is 15.9 Å². The maximum atomic E-state index is 13.9. The van der Waals surface area contributed by atoms with E-state index >= 15 is 0 Å². The molecule has 1 aromatic heterocycles. The molecule has 1 saturated carbocycles. The van der Waals surface area contributed by atoms with E-state index in [0.717, 1.165) is 11.1 Å². The van der Waals surface area contributed by atoms with Crippen LogP contribution in [0.1, 0.15) is 30.7 Å². The van der Waals surface area contributed by atoms with Crippen molar-refractivity contribution >= 4 is 50.9 Å². The number of halogens is 1. The van der Waals surface area contributed by atoms with Crippen molar-refractivity contribution in [1.29, 1.82) is 0 Å². The van der Waals surface area contributed by atoms with Crippen LogP contribution in [0.2, 0.25) is 0 Å². The molecule has 1 heterocycles. The minimum absolute atomic E-state index is 0.00520. The predicted octanol–water partition coefficient (Wildman–Crippen LogP) is 6.11. The minimum atomic E-state index is -0.875. The Morgan fingerprint density at radius 1 is 1.06 bits per heavy atom. The summed E-state index contributed by atoms with van der Waals surface area (Å²) in [5.74, 6) is 0.304. The summed E-state index contributed by atoms with van der Waals surface area (Å²) in [6, 6.07) is 17.0. The zero-order valence-corrected chi connectivity index (χ0v) is 17.5. The summed E-state index contributed by atoms with van der Waals surface area (Å²) < 4.78 is 13.9. The van der Waals surface area contributed by atoms with E-state index < -0.39 is 5.97 Å². The van der Waals surface area contributed by atoms with E-state index in [9.17, 15) is 9.18 Å². The molecule has 4 aromatic rings. The van der Waals surface area contributed by atoms with Gasteiger partial charge in [0.1, 0.15) is 11.6 Å². The molecule has 0 saturated heterocycles. The molecule has 31 heavy (non-hydrogen) atoms. The predicted molar refractivity (Wildman–Crippen MR) is 122 cm³/mol. The van der Waals surface area contributed by atoms with E-state index in [-0.39, 0.29) is 12.2 Å². The lowest BCUT2D eigenvalue weighted by atomic mass is 9.99. The normalized spacial score (nSPS) is 13.6. The van der Waals surface area contributed by atoms with E-state index in [0.29, 0.717) is 33.5 Å². The number of hydrogen-bond acceptors (Lipinski definition) is 5. The molecule has 2 N–H and O–H groups in total. The number of fused-ring (bicyclic) bond motifs is 2. The summed E-state index contributed by atoms with van der Waals surface area (Å²) in [6.45, 7) is 0. The van der Waals surface area contributed by atoms with E-state index in [4.69, 9.17) is 5.11 Å². The van der Waals surface area contributed by atoms with Crippen LogP contribution in [0, 0.1) is 5.82 Å². The molecule has 0 bridgehead atoms. The van der Waals surface area contributed by atoms with Gasteiger partial charge < -0.3 is 10.4 Å². The second-order valence-electron chi connectivity index (χ2n) is 7.66. The van der Waals surface area contributed by atoms with Crippen molar-refractivity contribution in [3.63, 3.8) is 0 Å². The average molecular weight is 434 g/mol. The molecular weight excluding hydrogens is 413 g/mol. The lowest BCUT2D eigenvalue weighted by Crippen LogP contribution is -2.01. The molecule has 1 aliphatic rings. The molecule has 1 aliphatic carbocycles. The van der Waals surface area contributed by atoms with Gasteiger partial charge in [-0.3, -0.25) is 4.79 Å². The van der Waals surface area contributed by atoms with Gasteiger partial charge in [-0.1, -0.05) is 42.1 Å². The van der Waals surface area contributed by atoms with Gasteiger partial charge in [-0.05, 0) is 47.9 Å². The number of benzene rings is 3. The van der Waals surface area contributed by atoms with E-state index in [1.165, 1.54) is 47.7 Å². The molecule has 0 aliphatic heterocycles. The van der Waals surface area contributed by atoms with Gasteiger partial charge in [-0.25, -0.2) is 14.4 Å². The fourth-order valence-corrected chi connectivity index (χ4v) is 4.56. The third-order valence-electron chi connectivity index (χ3n) is 5.41. The van der Waals surface area contributed by atoms with Gasteiger partial charge in [0.25, 0.3) is 0 Å². The maximum absolute atomic E-state index is 13.9. The number of aliphatic carboxylic acids is 1. The monoisotopic (exact) mass is 433 g/mol. The lowest BCUT2D eigenvalue weighted by molar-refractivity contribution is -0.136. The van der Waals surface area contributed by atoms with Crippen LogP contribution in [0.3, 0.4) is 0 Å². The highest BCUT2D eigenvalue weighted by atomic mass is 32.2. The second-order valence-corrected chi connectivity index (χ2v) is 8.72. The quantitative estimate of drug-likeness (QED) is 0.271. The Morgan fingerprint density at radius 2 is 1.87 bits per heavy atom. The van der Waals surface area contributed by atoms with E-state index in [2.05, 4.69) is 45.6 Å². The highest BCUT2D eigenvalue weighted by Crippen LogP contribution is 2.44. The molecule has 7 heteroatoms. The standard InChI is InChI=1S/C24H20FN3O2S/c25-15-7-8-19-21(13-15)27-24(31-12-11-22(29)30)28-23(19)26-20-10-9-16(14-5-6-14)17-3-1-2-4-18(17)20/h1-4,7-10,13-14H,5-6,11-12H2,(H,29,30)(H,26,27,28). The number of nitrogens with zero attached hydrogens (tertiary/aromatic N) is 2. The Morgan fingerprint density at radius 3 is 2.65 bits per heavy atom. The van der Waals surface area contributed by atoms with Gasteiger partial charge in [0.2, 0.25) is 0 Å². The molecule has 0 unspecified atom stereocenters. The fraction of sp³-hybridized carbons (Fsp3) is 0.208. The Kier molecular flexibility index (Phi) is 5.19. The summed E-state index contributed by atoms with van der Waals surface area (Å²) in [7, 11) is 0. The maximum Gasteiger partial charge on any atom is 0.304 e. The molecule has 5 nitrogen and oxygen atoms in total. The largest absolute Gasteiger partial charge is 0.481 e. The number of hydrogen-bond donors (Lipinski definition) is 2. The number of carboxylic acid groups (broad SMARTS) is 1. The van der Waals surface area contributed by atoms with Crippen molar-refractivity contribution < 1.29 is 14.3 Å². The molecule has 1 fully saturated rings. The van der Waals surface area contributed by atoms with Crippen LogP contribution >= 0.6 is 11.8 Å². The first-order chi connectivity index (χ1) is 15.1. The van der Waals surface area contributed by atoms with Gasteiger partial charge in [0.15, 0.2) is 5.16 Å². The first kappa shape index (κ1) is 19.8. The van der Waals surface area contributed by atoms with Crippen LogP contribution in [-0.2, 0) is 4.79 Å². The first-order valence-electron chi connectivity index (χ1n) is 10.2. The first-order valence-corrected chi connectivity index (χ1v) is 11.2. The zero-order valence-electron chi connectivity index (χ0n) is 16.6. The minimum Gasteiger partial charge on any atom is -0.481 e. The number of anilines is 2. The van der Waals surface area contributed by atoms with Gasteiger partial charge >= 0.3 is 5.97 Å². The van der Waals surface area contributed by atoms with Crippen molar-refractivity contribution in [2.45, 2.75) is 30.3 Å². The average Bonchev–Trinajstić information content (AvgIpc) is 3.58. The van der Waals surface area contributed by atoms with E-state index in [1.54, 1.807) is 6.07 Å². The van der Waals surface area contributed by atoms with Crippen molar-refractivity contribution in [1.82, 2.24) is 9.97 Å². The smallest absolute Gasteiger partial charge is 0.304 e. The van der Waals surface area contributed by atoms with Crippen molar-refractivity contribution in [3.8, 4) is 0 Å².